The summed E-state index contributed by atoms with van der Waals surface area (Å²) < 4.78 is 7.21. The van der Waals surface area contributed by atoms with Crippen LogP contribution in [0, 0.1) is 25.2 Å². The van der Waals surface area contributed by atoms with Gasteiger partial charge in [0.1, 0.15) is 11.6 Å². The van der Waals surface area contributed by atoms with Crippen molar-refractivity contribution >= 4 is 34.4 Å². The molecule has 0 aliphatic carbocycles. The number of hydrogen-bond donors (Lipinski definition) is 1. The van der Waals surface area contributed by atoms with Crippen LogP contribution in [-0.4, -0.2) is 23.1 Å². The second-order valence-corrected chi connectivity index (χ2v) is 7.33. The Kier molecular flexibility index (Phi) is 6.88. The number of benzene rings is 2. The number of amides is 1. The molecular formula is C25H25N3O3. The predicted octanol–water partition coefficient (Wildman–Crippen LogP) is 4.76. The number of ether oxygens (including phenoxy) is 1. The summed E-state index contributed by atoms with van der Waals surface area (Å²) in [7, 11) is 0. The van der Waals surface area contributed by atoms with E-state index in [1.54, 1.807) is 6.07 Å². The van der Waals surface area contributed by atoms with Gasteiger partial charge in [-0.05, 0) is 60.9 Å². The number of carbonyl (C=O) groups excluding carboxylic acids is 2. The third kappa shape index (κ3) is 5.20. The van der Waals surface area contributed by atoms with E-state index in [1.165, 1.54) is 6.08 Å². The van der Waals surface area contributed by atoms with Gasteiger partial charge in [-0.15, -0.1) is 0 Å². The first-order chi connectivity index (χ1) is 14.9. The Morgan fingerprint density at radius 2 is 1.87 bits per heavy atom. The number of nitrogens with one attached hydrogen (secondary N) is 1. The van der Waals surface area contributed by atoms with E-state index in [0.29, 0.717) is 5.69 Å². The van der Waals surface area contributed by atoms with Crippen molar-refractivity contribution in [1.82, 2.24) is 4.57 Å². The molecule has 0 aliphatic rings. The van der Waals surface area contributed by atoms with Crippen LogP contribution in [0.3, 0.4) is 0 Å². The number of fused-ring (bicyclic) bond motifs is 1. The van der Waals surface area contributed by atoms with Crippen LogP contribution in [0.5, 0.6) is 0 Å². The number of hydrogen-bond acceptors (Lipinski definition) is 4. The van der Waals surface area contributed by atoms with E-state index in [1.807, 2.05) is 62.4 Å². The molecule has 6 nitrogen and oxygen atoms in total. The summed E-state index contributed by atoms with van der Waals surface area (Å²) in [5.41, 5.74) is 3.30. The van der Waals surface area contributed by atoms with Gasteiger partial charge < -0.3 is 14.6 Å². The lowest BCUT2D eigenvalue weighted by Gasteiger charge is -2.08. The van der Waals surface area contributed by atoms with Crippen molar-refractivity contribution < 1.29 is 14.3 Å². The average molecular weight is 415 g/mol. The molecule has 31 heavy (non-hydrogen) atoms. The molecule has 158 valence electrons. The van der Waals surface area contributed by atoms with Crippen molar-refractivity contribution in [3.63, 3.8) is 0 Å². The van der Waals surface area contributed by atoms with E-state index in [4.69, 9.17) is 4.74 Å². The smallest absolute Gasteiger partial charge is 0.349 e. The SMILES string of the molecule is CCCn1c(C)cc(/C=C(\C#N)C(=O)OCC(=O)Nc2ccc3ccccc3c2)c1C. The zero-order chi connectivity index (χ0) is 22.4. The Balaban J connectivity index is 1.64. The van der Waals surface area contributed by atoms with Crippen LogP contribution in [0.4, 0.5) is 5.69 Å². The molecule has 0 atom stereocenters. The maximum absolute atomic E-state index is 12.3. The lowest BCUT2D eigenvalue weighted by Crippen LogP contribution is -2.21. The number of aryl methyl sites for hydroxylation is 1. The fourth-order valence-corrected chi connectivity index (χ4v) is 3.51. The van der Waals surface area contributed by atoms with Gasteiger partial charge in [0.05, 0.1) is 0 Å². The number of nitriles is 1. The van der Waals surface area contributed by atoms with Crippen molar-refractivity contribution in [3.8, 4) is 6.07 Å². The molecule has 3 rings (SSSR count). The summed E-state index contributed by atoms with van der Waals surface area (Å²) in [5, 5.41) is 14.2. The molecular weight excluding hydrogens is 390 g/mol. The first-order valence-electron chi connectivity index (χ1n) is 10.2. The highest BCUT2D eigenvalue weighted by molar-refractivity contribution is 6.00. The molecule has 2 aromatic carbocycles. The lowest BCUT2D eigenvalue weighted by molar-refractivity contribution is -0.142. The molecule has 0 bridgehead atoms. The minimum Gasteiger partial charge on any atom is -0.451 e. The number of aromatic nitrogens is 1. The Bertz CT molecular complexity index is 1200. The second kappa shape index (κ2) is 9.77. The van der Waals surface area contributed by atoms with Gasteiger partial charge in [-0.1, -0.05) is 37.3 Å². The molecule has 1 N–H and O–H groups in total. The number of carbonyl (C=O) groups is 2. The third-order valence-corrected chi connectivity index (χ3v) is 5.07. The van der Waals surface area contributed by atoms with Crippen molar-refractivity contribution in [1.29, 1.82) is 5.26 Å². The van der Waals surface area contributed by atoms with E-state index in [-0.39, 0.29) is 5.57 Å². The third-order valence-electron chi connectivity index (χ3n) is 5.07. The molecule has 1 heterocycles. The number of rotatable bonds is 7. The van der Waals surface area contributed by atoms with Gasteiger partial charge in [0.25, 0.3) is 5.91 Å². The average Bonchev–Trinajstić information content (AvgIpc) is 3.03. The van der Waals surface area contributed by atoms with Crippen LogP contribution < -0.4 is 5.32 Å². The minimum atomic E-state index is -0.823. The van der Waals surface area contributed by atoms with E-state index in [2.05, 4.69) is 16.8 Å². The van der Waals surface area contributed by atoms with Crippen LogP contribution in [0.1, 0.15) is 30.3 Å². The molecule has 1 amide bonds. The normalized spacial score (nSPS) is 11.2. The molecule has 0 spiro atoms. The minimum absolute atomic E-state index is 0.143. The van der Waals surface area contributed by atoms with Crippen molar-refractivity contribution in [2.45, 2.75) is 33.7 Å². The largest absolute Gasteiger partial charge is 0.451 e. The van der Waals surface area contributed by atoms with Gasteiger partial charge in [0, 0.05) is 23.6 Å². The first-order valence-corrected chi connectivity index (χ1v) is 10.2. The summed E-state index contributed by atoms with van der Waals surface area (Å²) >= 11 is 0. The van der Waals surface area contributed by atoms with Crippen molar-refractivity contribution in [2.75, 3.05) is 11.9 Å². The summed E-state index contributed by atoms with van der Waals surface area (Å²) in [6.45, 7) is 6.43. The van der Waals surface area contributed by atoms with Crippen LogP contribution in [0.2, 0.25) is 0 Å². The molecule has 1 aromatic heterocycles. The van der Waals surface area contributed by atoms with Gasteiger partial charge in [-0.25, -0.2) is 4.79 Å². The fraction of sp³-hybridized carbons (Fsp3) is 0.240. The summed E-state index contributed by atoms with van der Waals surface area (Å²) in [6, 6.07) is 17.2. The summed E-state index contributed by atoms with van der Waals surface area (Å²) in [4.78, 5) is 24.5. The summed E-state index contributed by atoms with van der Waals surface area (Å²) in [6.07, 6.45) is 2.50. The standard InChI is InChI=1S/C25H25N3O3/c1-4-11-28-17(2)12-21(18(28)3)13-22(15-26)25(30)31-16-24(29)27-23-10-9-19-7-5-6-8-20(19)14-23/h5-10,12-14H,4,11,16H2,1-3H3,(H,27,29)/b22-13+. The Labute approximate surface area is 181 Å². The molecule has 0 unspecified atom stereocenters. The maximum atomic E-state index is 12.3. The second-order valence-electron chi connectivity index (χ2n) is 7.33. The van der Waals surface area contributed by atoms with Crippen LogP contribution >= 0.6 is 0 Å². The van der Waals surface area contributed by atoms with E-state index >= 15 is 0 Å². The van der Waals surface area contributed by atoms with Gasteiger partial charge in [-0.3, -0.25) is 4.79 Å². The zero-order valence-corrected chi connectivity index (χ0v) is 17.9. The molecule has 0 saturated heterocycles. The lowest BCUT2D eigenvalue weighted by atomic mass is 10.1. The molecule has 0 radical (unpaired) electrons. The molecule has 0 saturated carbocycles. The topological polar surface area (TPSA) is 84.1 Å². The summed E-state index contributed by atoms with van der Waals surface area (Å²) in [5.74, 6) is -1.29. The van der Waals surface area contributed by atoms with E-state index in [0.717, 1.165) is 40.7 Å². The van der Waals surface area contributed by atoms with Crippen LogP contribution in [0.25, 0.3) is 16.8 Å². The Morgan fingerprint density at radius 1 is 1.13 bits per heavy atom. The fourth-order valence-electron chi connectivity index (χ4n) is 3.51. The molecule has 3 aromatic rings. The van der Waals surface area contributed by atoms with Gasteiger partial charge in [-0.2, -0.15) is 5.26 Å². The van der Waals surface area contributed by atoms with Crippen LogP contribution in [-0.2, 0) is 20.9 Å². The van der Waals surface area contributed by atoms with Crippen molar-refractivity contribution in [2.24, 2.45) is 0 Å². The molecule has 0 aliphatic heterocycles. The number of esters is 1. The quantitative estimate of drug-likeness (QED) is 0.343. The zero-order valence-electron chi connectivity index (χ0n) is 17.9. The Hall–Kier alpha value is -3.85. The first kappa shape index (κ1) is 21.8. The van der Waals surface area contributed by atoms with E-state index < -0.39 is 18.5 Å². The Morgan fingerprint density at radius 3 is 2.58 bits per heavy atom. The van der Waals surface area contributed by atoms with Gasteiger partial charge >= 0.3 is 5.97 Å². The monoisotopic (exact) mass is 415 g/mol. The molecule has 6 heteroatoms. The van der Waals surface area contributed by atoms with Gasteiger partial charge in [0.15, 0.2) is 6.61 Å². The van der Waals surface area contributed by atoms with Crippen LogP contribution in [0.15, 0.2) is 54.1 Å². The highest BCUT2D eigenvalue weighted by Gasteiger charge is 2.15. The predicted molar refractivity (Wildman–Crippen MR) is 121 cm³/mol. The highest BCUT2D eigenvalue weighted by atomic mass is 16.5. The highest BCUT2D eigenvalue weighted by Crippen LogP contribution is 2.20. The van der Waals surface area contributed by atoms with Gasteiger partial charge in [0.2, 0.25) is 0 Å². The number of nitrogens with zero attached hydrogens (tertiary/aromatic N) is 2. The molecule has 0 fully saturated rings. The van der Waals surface area contributed by atoms with E-state index in [9.17, 15) is 14.9 Å². The van der Waals surface area contributed by atoms with Crippen molar-refractivity contribution in [3.05, 3.63) is 71.1 Å². The number of anilines is 1. The maximum Gasteiger partial charge on any atom is 0.349 e.